The van der Waals surface area contributed by atoms with E-state index < -0.39 is 12.0 Å². The molecule has 19 heavy (non-hydrogen) atoms. The van der Waals surface area contributed by atoms with Crippen LogP contribution in [0.5, 0.6) is 5.75 Å². The highest BCUT2D eigenvalue weighted by molar-refractivity contribution is 5.75. The Kier molecular flexibility index (Phi) is 3.82. The fraction of sp³-hybridized carbons (Fsp3) is 0.231. The molecule has 0 amide bonds. The molecule has 2 rings (SSSR count). The van der Waals surface area contributed by atoms with Gasteiger partial charge in [-0.15, -0.1) is 0 Å². The Bertz CT molecular complexity index is 554. The largest absolute Gasteiger partial charge is 0.508 e. The first kappa shape index (κ1) is 13.1. The summed E-state index contributed by atoms with van der Waals surface area (Å²) in [5, 5.41) is 25.4. The minimum absolute atomic E-state index is 0.0543. The predicted molar refractivity (Wildman–Crippen MR) is 68.5 cm³/mol. The number of likely N-dealkylation sites (N-methyl/N-ethyl adjacent to an activating group) is 1. The lowest BCUT2D eigenvalue weighted by atomic mass is 10.1. The first-order valence-corrected chi connectivity index (χ1v) is 5.78. The molecular weight excluding hydrogens is 246 g/mol. The number of aromatic amines is 1. The number of aromatic hydroxyl groups is 1. The third kappa shape index (κ3) is 3.11. The summed E-state index contributed by atoms with van der Waals surface area (Å²) < 4.78 is 0. The molecule has 1 atom stereocenters. The molecule has 0 aliphatic heterocycles. The number of H-pyrrole nitrogens is 1. The summed E-state index contributed by atoms with van der Waals surface area (Å²) in [5.41, 5.74) is 1.36. The maximum absolute atomic E-state index is 11.4. The van der Waals surface area contributed by atoms with Gasteiger partial charge in [-0.2, -0.15) is 5.10 Å². The number of benzene rings is 1. The second kappa shape index (κ2) is 5.53. The van der Waals surface area contributed by atoms with Crippen LogP contribution in [0.4, 0.5) is 0 Å². The van der Waals surface area contributed by atoms with Crippen LogP contribution in [-0.4, -0.2) is 38.3 Å². The normalized spacial score (nSPS) is 12.5. The monoisotopic (exact) mass is 261 g/mol. The van der Waals surface area contributed by atoms with Gasteiger partial charge in [-0.3, -0.25) is 14.8 Å². The molecule has 2 aromatic rings. The van der Waals surface area contributed by atoms with Crippen molar-refractivity contribution in [3.05, 3.63) is 47.8 Å². The van der Waals surface area contributed by atoms with Gasteiger partial charge >= 0.3 is 5.97 Å². The number of nitrogens with one attached hydrogen (secondary N) is 1. The summed E-state index contributed by atoms with van der Waals surface area (Å²) in [6, 6.07) is 7.25. The van der Waals surface area contributed by atoms with Gasteiger partial charge in [-0.05, 0) is 30.8 Å². The van der Waals surface area contributed by atoms with Crippen LogP contribution in [0.3, 0.4) is 0 Å². The minimum Gasteiger partial charge on any atom is -0.508 e. The molecule has 6 heteroatoms. The highest BCUT2D eigenvalue weighted by Gasteiger charge is 2.25. The van der Waals surface area contributed by atoms with Crippen molar-refractivity contribution in [3.8, 4) is 5.75 Å². The third-order valence-electron chi connectivity index (χ3n) is 2.84. The summed E-state index contributed by atoms with van der Waals surface area (Å²) >= 11 is 0. The lowest BCUT2D eigenvalue weighted by Crippen LogP contribution is -2.30. The molecule has 6 nitrogen and oxygen atoms in total. The minimum atomic E-state index is -0.965. The van der Waals surface area contributed by atoms with Crippen LogP contribution in [0.15, 0.2) is 36.5 Å². The number of hydrogen-bond acceptors (Lipinski definition) is 4. The topological polar surface area (TPSA) is 89.5 Å². The van der Waals surface area contributed by atoms with E-state index >= 15 is 0 Å². The molecule has 1 heterocycles. The van der Waals surface area contributed by atoms with Crippen LogP contribution in [0, 0.1) is 0 Å². The zero-order valence-corrected chi connectivity index (χ0v) is 10.4. The number of hydrogen-bond donors (Lipinski definition) is 3. The predicted octanol–water partition coefficient (Wildman–Crippen LogP) is 1.37. The van der Waals surface area contributed by atoms with Crippen LogP contribution in [0.1, 0.15) is 17.3 Å². The number of nitrogens with zero attached hydrogens (tertiary/aromatic N) is 2. The number of rotatable bonds is 5. The SMILES string of the molecule is CN(Cc1ccn[nH]1)C(C(=O)O)c1cccc(O)c1. The molecular formula is C13H15N3O3. The van der Waals surface area contributed by atoms with Gasteiger partial charge in [0.15, 0.2) is 0 Å². The molecule has 0 aliphatic carbocycles. The molecule has 1 aromatic heterocycles. The van der Waals surface area contributed by atoms with E-state index in [0.29, 0.717) is 12.1 Å². The van der Waals surface area contributed by atoms with E-state index in [1.54, 1.807) is 36.3 Å². The molecule has 0 saturated heterocycles. The average molecular weight is 261 g/mol. The molecule has 0 fully saturated rings. The van der Waals surface area contributed by atoms with Crippen LogP contribution >= 0.6 is 0 Å². The number of carbonyl (C=O) groups is 1. The van der Waals surface area contributed by atoms with Gasteiger partial charge in [0.1, 0.15) is 11.8 Å². The van der Waals surface area contributed by atoms with E-state index in [2.05, 4.69) is 10.2 Å². The lowest BCUT2D eigenvalue weighted by Gasteiger charge is -2.24. The highest BCUT2D eigenvalue weighted by Crippen LogP contribution is 2.24. The molecule has 0 aliphatic rings. The van der Waals surface area contributed by atoms with Gasteiger partial charge in [0, 0.05) is 18.4 Å². The van der Waals surface area contributed by atoms with E-state index in [0.717, 1.165) is 5.69 Å². The Morgan fingerprint density at radius 1 is 1.47 bits per heavy atom. The van der Waals surface area contributed by atoms with Gasteiger partial charge in [-0.25, -0.2) is 0 Å². The van der Waals surface area contributed by atoms with Gasteiger partial charge < -0.3 is 10.2 Å². The molecule has 1 aromatic carbocycles. The fourth-order valence-electron chi connectivity index (χ4n) is 2.01. The Morgan fingerprint density at radius 2 is 2.26 bits per heavy atom. The number of carboxylic acids is 1. The van der Waals surface area contributed by atoms with Crippen molar-refractivity contribution in [1.82, 2.24) is 15.1 Å². The summed E-state index contributed by atoms with van der Waals surface area (Å²) in [7, 11) is 1.71. The number of aromatic nitrogens is 2. The smallest absolute Gasteiger partial charge is 0.325 e. The Morgan fingerprint density at radius 3 is 2.84 bits per heavy atom. The number of aliphatic carboxylic acids is 1. The molecule has 3 N–H and O–H groups in total. The van der Waals surface area contributed by atoms with Crippen LogP contribution in [0.25, 0.3) is 0 Å². The van der Waals surface area contributed by atoms with Crippen LogP contribution < -0.4 is 0 Å². The zero-order valence-electron chi connectivity index (χ0n) is 10.4. The van der Waals surface area contributed by atoms with Crippen molar-refractivity contribution in [2.75, 3.05) is 7.05 Å². The first-order valence-electron chi connectivity index (χ1n) is 5.78. The number of phenolic OH excluding ortho intramolecular Hbond substituents is 1. The van der Waals surface area contributed by atoms with E-state index in [-0.39, 0.29) is 5.75 Å². The molecule has 0 bridgehead atoms. The zero-order chi connectivity index (χ0) is 13.8. The van der Waals surface area contributed by atoms with Crippen molar-refractivity contribution >= 4 is 5.97 Å². The lowest BCUT2D eigenvalue weighted by molar-refractivity contribution is -0.143. The van der Waals surface area contributed by atoms with Crippen molar-refractivity contribution in [1.29, 1.82) is 0 Å². The first-order chi connectivity index (χ1) is 9.08. The van der Waals surface area contributed by atoms with Gasteiger partial charge in [0.25, 0.3) is 0 Å². The van der Waals surface area contributed by atoms with Crippen LogP contribution in [0.2, 0.25) is 0 Å². The number of carboxylic acid groups (broad SMARTS) is 1. The van der Waals surface area contributed by atoms with Gasteiger partial charge in [0.2, 0.25) is 0 Å². The Balaban J connectivity index is 2.22. The molecule has 0 saturated carbocycles. The summed E-state index contributed by atoms with van der Waals surface area (Å²) in [6.45, 7) is 0.423. The van der Waals surface area contributed by atoms with Crippen molar-refractivity contribution in [2.45, 2.75) is 12.6 Å². The van der Waals surface area contributed by atoms with Gasteiger partial charge in [-0.1, -0.05) is 12.1 Å². The molecule has 0 radical (unpaired) electrons. The molecule has 0 spiro atoms. The van der Waals surface area contributed by atoms with Crippen molar-refractivity contribution < 1.29 is 15.0 Å². The summed E-state index contributed by atoms with van der Waals surface area (Å²) in [4.78, 5) is 13.1. The van der Waals surface area contributed by atoms with E-state index in [9.17, 15) is 15.0 Å². The second-order valence-corrected chi connectivity index (χ2v) is 4.33. The summed E-state index contributed by atoms with van der Waals surface area (Å²) in [6.07, 6.45) is 1.62. The van der Waals surface area contributed by atoms with Gasteiger partial charge in [0.05, 0.1) is 0 Å². The van der Waals surface area contributed by atoms with Crippen LogP contribution in [-0.2, 0) is 11.3 Å². The quantitative estimate of drug-likeness (QED) is 0.756. The van der Waals surface area contributed by atoms with E-state index in [4.69, 9.17) is 0 Å². The average Bonchev–Trinajstić information content (AvgIpc) is 2.81. The maximum atomic E-state index is 11.4. The van der Waals surface area contributed by atoms with Crippen molar-refractivity contribution in [3.63, 3.8) is 0 Å². The molecule has 100 valence electrons. The third-order valence-corrected chi connectivity index (χ3v) is 2.84. The van der Waals surface area contributed by atoms with Crippen molar-refractivity contribution in [2.24, 2.45) is 0 Å². The molecule has 1 unspecified atom stereocenters. The maximum Gasteiger partial charge on any atom is 0.325 e. The fourth-order valence-corrected chi connectivity index (χ4v) is 2.01. The van der Waals surface area contributed by atoms with E-state index in [1.165, 1.54) is 12.1 Å². The Hall–Kier alpha value is -2.34. The Labute approximate surface area is 110 Å². The summed E-state index contributed by atoms with van der Waals surface area (Å²) in [5.74, 6) is -0.911. The highest BCUT2D eigenvalue weighted by atomic mass is 16.4. The second-order valence-electron chi connectivity index (χ2n) is 4.33. The standard InChI is InChI=1S/C13H15N3O3/c1-16(8-10-5-6-14-15-10)12(13(18)19)9-3-2-4-11(17)7-9/h2-7,12,17H,8H2,1H3,(H,14,15)(H,18,19). The number of phenols is 1. The van der Waals surface area contributed by atoms with E-state index in [1.807, 2.05) is 0 Å².